The highest BCUT2D eigenvalue weighted by atomic mass is 16.5. The van der Waals surface area contributed by atoms with Gasteiger partial charge in [-0.2, -0.15) is 0 Å². The second kappa shape index (κ2) is 7.86. The van der Waals surface area contributed by atoms with Gasteiger partial charge < -0.3 is 14.9 Å². The summed E-state index contributed by atoms with van der Waals surface area (Å²) in [5, 5.41) is 2.49. The van der Waals surface area contributed by atoms with E-state index in [1.807, 2.05) is 13.8 Å². The Bertz CT molecular complexity index is 834. The smallest absolute Gasteiger partial charge is 0.257 e. The van der Waals surface area contributed by atoms with Crippen molar-refractivity contribution < 1.29 is 23.5 Å². The van der Waals surface area contributed by atoms with Gasteiger partial charge in [0.05, 0.1) is 12.2 Å². The van der Waals surface area contributed by atoms with E-state index in [9.17, 15) is 14.4 Å². The SMILES string of the molecule is CC(=O)c1c(C)oc(NC(=O)c2ccc(OCC(C)C)cc2)c1C(N)=O. The molecular formula is C19H22N2O5. The standard InChI is InChI=1S/C19H22N2O5/c1-10(2)9-25-14-7-5-13(6-8-14)18(24)21-19-16(17(20)23)15(11(3)22)12(4)26-19/h5-8,10H,9H2,1-4H3,(H2,20,23)(H,21,24). The van der Waals surface area contributed by atoms with Gasteiger partial charge >= 0.3 is 0 Å². The number of Topliss-reactive ketones (excluding diaryl/α,β-unsaturated/α-hetero) is 1. The van der Waals surface area contributed by atoms with Crippen LogP contribution in [0.25, 0.3) is 0 Å². The number of nitrogens with one attached hydrogen (secondary N) is 1. The lowest BCUT2D eigenvalue weighted by atomic mass is 10.1. The fraction of sp³-hybridized carbons (Fsp3) is 0.316. The average molecular weight is 358 g/mol. The predicted molar refractivity (Wildman–Crippen MR) is 96.7 cm³/mol. The molecule has 3 N–H and O–H groups in total. The molecule has 0 saturated carbocycles. The minimum Gasteiger partial charge on any atom is -0.493 e. The van der Waals surface area contributed by atoms with Gasteiger partial charge in [0.2, 0.25) is 5.88 Å². The normalized spacial score (nSPS) is 10.7. The maximum absolute atomic E-state index is 12.4. The van der Waals surface area contributed by atoms with Crippen molar-refractivity contribution in [3.63, 3.8) is 0 Å². The molecule has 138 valence electrons. The van der Waals surface area contributed by atoms with Crippen molar-refractivity contribution in [2.75, 3.05) is 11.9 Å². The monoisotopic (exact) mass is 358 g/mol. The van der Waals surface area contributed by atoms with Crippen molar-refractivity contribution in [3.8, 4) is 5.75 Å². The number of anilines is 1. The van der Waals surface area contributed by atoms with Crippen molar-refractivity contribution in [2.24, 2.45) is 11.7 Å². The summed E-state index contributed by atoms with van der Waals surface area (Å²) >= 11 is 0. The lowest BCUT2D eigenvalue weighted by molar-refractivity contribution is 0.0974. The van der Waals surface area contributed by atoms with Crippen molar-refractivity contribution in [1.29, 1.82) is 0 Å². The van der Waals surface area contributed by atoms with E-state index in [1.54, 1.807) is 24.3 Å². The average Bonchev–Trinajstić information content (AvgIpc) is 2.89. The summed E-state index contributed by atoms with van der Waals surface area (Å²) in [5.74, 6) is -0.577. The highest BCUT2D eigenvalue weighted by molar-refractivity contribution is 6.13. The summed E-state index contributed by atoms with van der Waals surface area (Å²) < 4.78 is 10.9. The van der Waals surface area contributed by atoms with Gasteiger partial charge in [-0.25, -0.2) is 0 Å². The third-order valence-corrected chi connectivity index (χ3v) is 3.61. The first-order valence-corrected chi connectivity index (χ1v) is 8.19. The third-order valence-electron chi connectivity index (χ3n) is 3.61. The fourth-order valence-corrected chi connectivity index (χ4v) is 2.43. The van der Waals surface area contributed by atoms with Gasteiger partial charge in [0, 0.05) is 5.56 Å². The second-order valence-electron chi connectivity index (χ2n) is 6.34. The van der Waals surface area contributed by atoms with Crippen molar-refractivity contribution in [1.82, 2.24) is 0 Å². The molecule has 0 aliphatic heterocycles. The first-order valence-electron chi connectivity index (χ1n) is 8.19. The van der Waals surface area contributed by atoms with Crippen molar-refractivity contribution in [3.05, 3.63) is 46.7 Å². The van der Waals surface area contributed by atoms with E-state index in [1.165, 1.54) is 13.8 Å². The Morgan fingerprint density at radius 3 is 2.27 bits per heavy atom. The molecule has 0 aliphatic rings. The summed E-state index contributed by atoms with van der Waals surface area (Å²) in [5.41, 5.74) is 5.63. The number of hydrogen-bond donors (Lipinski definition) is 2. The van der Waals surface area contributed by atoms with Gasteiger partial charge in [-0.3, -0.25) is 19.7 Å². The van der Waals surface area contributed by atoms with E-state index in [0.717, 1.165) is 0 Å². The highest BCUT2D eigenvalue weighted by Gasteiger charge is 2.26. The molecule has 26 heavy (non-hydrogen) atoms. The van der Waals surface area contributed by atoms with Crippen LogP contribution >= 0.6 is 0 Å². The molecule has 2 aromatic rings. The zero-order valence-corrected chi connectivity index (χ0v) is 15.2. The van der Waals surface area contributed by atoms with Crippen molar-refractivity contribution >= 4 is 23.5 Å². The highest BCUT2D eigenvalue weighted by Crippen LogP contribution is 2.27. The molecule has 1 aromatic carbocycles. The van der Waals surface area contributed by atoms with E-state index in [2.05, 4.69) is 5.32 Å². The van der Waals surface area contributed by atoms with Crippen LogP contribution in [-0.4, -0.2) is 24.2 Å². The Kier molecular flexibility index (Phi) is 5.82. The molecule has 0 aliphatic carbocycles. The number of carbonyl (C=O) groups excluding carboxylic acids is 3. The van der Waals surface area contributed by atoms with Gasteiger partial charge in [-0.05, 0) is 44.0 Å². The van der Waals surface area contributed by atoms with Gasteiger partial charge in [-0.15, -0.1) is 0 Å². The largest absolute Gasteiger partial charge is 0.493 e. The van der Waals surface area contributed by atoms with Gasteiger partial charge in [0.1, 0.15) is 17.1 Å². The number of ketones is 1. The number of amides is 2. The number of furan rings is 1. The molecule has 1 heterocycles. The third kappa shape index (κ3) is 4.30. The number of benzene rings is 1. The first-order chi connectivity index (χ1) is 12.2. The molecule has 1 aromatic heterocycles. The molecule has 0 unspecified atom stereocenters. The quantitative estimate of drug-likeness (QED) is 0.738. The summed E-state index contributed by atoms with van der Waals surface area (Å²) in [6.45, 7) is 7.48. The Balaban J connectivity index is 2.21. The van der Waals surface area contributed by atoms with E-state index in [-0.39, 0.29) is 28.6 Å². The number of ether oxygens (including phenoxy) is 1. The topological polar surface area (TPSA) is 112 Å². The Hall–Kier alpha value is -3.09. The predicted octanol–water partition coefficient (Wildman–Crippen LogP) is 3.18. The summed E-state index contributed by atoms with van der Waals surface area (Å²) in [7, 11) is 0. The van der Waals surface area contributed by atoms with E-state index in [4.69, 9.17) is 14.9 Å². The number of carbonyl (C=O) groups is 3. The van der Waals surface area contributed by atoms with Crippen LogP contribution in [-0.2, 0) is 0 Å². The zero-order chi connectivity index (χ0) is 19.4. The zero-order valence-electron chi connectivity index (χ0n) is 15.2. The second-order valence-corrected chi connectivity index (χ2v) is 6.34. The Morgan fingerprint density at radius 2 is 1.77 bits per heavy atom. The van der Waals surface area contributed by atoms with Gasteiger partial charge in [0.15, 0.2) is 5.78 Å². The van der Waals surface area contributed by atoms with E-state index in [0.29, 0.717) is 23.8 Å². The molecule has 7 nitrogen and oxygen atoms in total. The number of rotatable bonds is 7. The van der Waals surface area contributed by atoms with Crippen molar-refractivity contribution in [2.45, 2.75) is 27.7 Å². The Morgan fingerprint density at radius 1 is 1.15 bits per heavy atom. The molecule has 0 spiro atoms. The van der Waals surface area contributed by atoms with E-state index >= 15 is 0 Å². The van der Waals surface area contributed by atoms with Crippen LogP contribution in [0.5, 0.6) is 5.75 Å². The minimum absolute atomic E-state index is 0.0743. The summed E-state index contributed by atoms with van der Waals surface area (Å²) in [4.78, 5) is 35.8. The van der Waals surface area contributed by atoms with Crippen LogP contribution in [0.2, 0.25) is 0 Å². The molecule has 2 rings (SSSR count). The minimum atomic E-state index is -0.847. The molecular weight excluding hydrogens is 336 g/mol. The van der Waals surface area contributed by atoms with Crippen LogP contribution in [0.4, 0.5) is 5.88 Å². The number of hydrogen-bond acceptors (Lipinski definition) is 5. The van der Waals surface area contributed by atoms with Crippen LogP contribution < -0.4 is 15.8 Å². The van der Waals surface area contributed by atoms with Gasteiger partial charge in [0.25, 0.3) is 11.8 Å². The van der Waals surface area contributed by atoms with Gasteiger partial charge in [-0.1, -0.05) is 13.8 Å². The molecule has 0 fully saturated rings. The molecule has 0 atom stereocenters. The number of aryl methyl sites for hydroxylation is 1. The lowest BCUT2D eigenvalue weighted by Gasteiger charge is -2.09. The molecule has 0 saturated heterocycles. The summed E-state index contributed by atoms with van der Waals surface area (Å²) in [6.07, 6.45) is 0. The molecule has 7 heteroatoms. The van der Waals surface area contributed by atoms with E-state index < -0.39 is 11.8 Å². The maximum atomic E-state index is 12.4. The summed E-state index contributed by atoms with van der Waals surface area (Å²) in [6, 6.07) is 6.55. The van der Waals surface area contributed by atoms with Crippen LogP contribution in [0.15, 0.2) is 28.7 Å². The maximum Gasteiger partial charge on any atom is 0.257 e. The lowest BCUT2D eigenvalue weighted by Crippen LogP contribution is -2.19. The number of primary amides is 1. The number of nitrogens with two attached hydrogens (primary N) is 1. The van der Waals surface area contributed by atoms with Crippen LogP contribution in [0.3, 0.4) is 0 Å². The molecule has 0 bridgehead atoms. The van der Waals surface area contributed by atoms with Crippen LogP contribution in [0.1, 0.15) is 57.6 Å². The Labute approximate surface area is 151 Å². The van der Waals surface area contributed by atoms with Crippen LogP contribution in [0, 0.1) is 12.8 Å². The molecule has 0 radical (unpaired) electrons. The molecule has 2 amide bonds. The fourth-order valence-electron chi connectivity index (χ4n) is 2.43. The first kappa shape index (κ1) is 19.2.